The molecule has 0 bridgehead atoms. The molecule has 1 aromatic rings. The number of Topliss-reactive ketones (excluding diaryl/α,β-unsaturated/α-hetero) is 1. The molecular formula is C13H16F2O2. The van der Waals surface area contributed by atoms with E-state index < -0.39 is 11.6 Å². The molecule has 0 amide bonds. The first-order valence-electron chi connectivity index (χ1n) is 5.51. The minimum absolute atomic E-state index is 0.0000850. The van der Waals surface area contributed by atoms with E-state index in [1.54, 1.807) is 7.11 Å². The third-order valence-corrected chi connectivity index (χ3v) is 2.62. The number of carbonyl (C=O) groups excluding carboxylic acids is 1. The van der Waals surface area contributed by atoms with Crippen molar-refractivity contribution in [1.29, 1.82) is 0 Å². The van der Waals surface area contributed by atoms with Crippen molar-refractivity contribution in [1.82, 2.24) is 0 Å². The second-order valence-electron chi connectivity index (χ2n) is 4.05. The molecule has 0 N–H and O–H groups in total. The number of benzene rings is 1. The smallest absolute Gasteiger partial charge is 0.159 e. The van der Waals surface area contributed by atoms with Gasteiger partial charge in [0.05, 0.1) is 6.10 Å². The van der Waals surface area contributed by atoms with E-state index in [1.165, 1.54) is 6.07 Å². The minimum atomic E-state index is -0.916. The Balaban J connectivity index is 2.48. The molecule has 2 nitrogen and oxygen atoms in total. The van der Waals surface area contributed by atoms with Crippen molar-refractivity contribution in [3.8, 4) is 0 Å². The van der Waals surface area contributed by atoms with Crippen LogP contribution in [-0.4, -0.2) is 19.0 Å². The number of carbonyl (C=O) groups is 1. The largest absolute Gasteiger partial charge is 0.382 e. The molecule has 0 aliphatic carbocycles. The molecule has 17 heavy (non-hydrogen) atoms. The van der Waals surface area contributed by atoms with Gasteiger partial charge in [-0.25, -0.2) is 8.78 Å². The van der Waals surface area contributed by atoms with Crippen LogP contribution in [0.5, 0.6) is 0 Å². The molecular weight excluding hydrogens is 226 g/mol. The maximum atomic E-state index is 12.9. The van der Waals surface area contributed by atoms with Gasteiger partial charge in [-0.15, -0.1) is 0 Å². The first-order chi connectivity index (χ1) is 8.02. The second kappa shape index (κ2) is 6.45. The summed E-state index contributed by atoms with van der Waals surface area (Å²) in [4.78, 5) is 11.6. The van der Waals surface area contributed by atoms with Gasteiger partial charge in [0.15, 0.2) is 11.6 Å². The fourth-order valence-electron chi connectivity index (χ4n) is 1.45. The zero-order chi connectivity index (χ0) is 12.8. The summed E-state index contributed by atoms with van der Waals surface area (Å²) < 4.78 is 30.6. The lowest BCUT2D eigenvalue weighted by molar-refractivity contribution is -0.119. The Labute approximate surface area is 99.6 Å². The highest BCUT2D eigenvalue weighted by molar-refractivity contribution is 5.80. The molecule has 0 spiro atoms. The Bertz CT molecular complexity index is 391. The van der Waals surface area contributed by atoms with E-state index in [0.29, 0.717) is 18.4 Å². The summed E-state index contributed by atoms with van der Waals surface area (Å²) >= 11 is 0. The average Bonchev–Trinajstić information content (AvgIpc) is 2.31. The average molecular weight is 242 g/mol. The highest BCUT2D eigenvalue weighted by Crippen LogP contribution is 2.11. The summed E-state index contributed by atoms with van der Waals surface area (Å²) in [5.74, 6) is -1.81. The molecule has 0 aliphatic rings. The number of methoxy groups -OCH3 is 1. The molecule has 0 saturated carbocycles. The van der Waals surface area contributed by atoms with Crippen LogP contribution in [0, 0.1) is 11.6 Å². The van der Waals surface area contributed by atoms with Gasteiger partial charge in [-0.3, -0.25) is 4.79 Å². The lowest BCUT2D eigenvalue weighted by Gasteiger charge is -2.08. The molecule has 1 rings (SSSR count). The molecule has 1 aromatic carbocycles. The van der Waals surface area contributed by atoms with Gasteiger partial charge in [0, 0.05) is 20.0 Å². The van der Waals surface area contributed by atoms with E-state index in [4.69, 9.17) is 4.74 Å². The lowest BCUT2D eigenvalue weighted by atomic mass is 10.0. The SMILES string of the molecule is COC(C)CCC(=O)Cc1ccc(F)c(F)c1. The van der Waals surface area contributed by atoms with E-state index in [2.05, 4.69) is 0 Å². The number of rotatable bonds is 6. The summed E-state index contributed by atoms with van der Waals surface area (Å²) in [7, 11) is 1.59. The van der Waals surface area contributed by atoms with Gasteiger partial charge in [-0.2, -0.15) is 0 Å². The highest BCUT2D eigenvalue weighted by atomic mass is 19.2. The topological polar surface area (TPSA) is 26.3 Å². The Morgan fingerprint density at radius 1 is 1.35 bits per heavy atom. The van der Waals surface area contributed by atoms with Crippen molar-refractivity contribution in [3.05, 3.63) is 35.4 Å². The van der Waals surface area contributed by atoms with Gasteiger partial charge >= 0.3 is 0 Å². The summed E-state index contributed by atoms with van der Waals surface area (Å²) in [6, 6.07) is 3.53. The van der Waals surface area contributed by atoms with Gasteiger partial charge in [-0.1, -0.05) is 6.07 Å². The van der Waals surface area contributed by atoms with Crippen LogP contribution < -0.4 is 0 Å². The number of hydrogen-bond donors (Lipinski definition) is 0. The normalized spacial score (nSPS) is 12.5. The predicted molar refractivity (Wildman–Crippen MR) is 60.8 cm³/mol. The van der Waals surface area contributed by atoms with Crippen molar-refractivity contribution < 1.29 is 18.3 Å². The van der Waals surface area contributed by atoms with Crippen LogP contribution in [-0.2, 0) is 16.0 Å². The third kappa shape index (κ3) is 4.61. The molecule has 0 aliphatic heterocycles. The molecule has 1 atom stereocenters. The van der Waals surface area contributed by atoms with Crippen LogP contribution >= 0.6 is 0 Å². The third-order valence-electron chi connectivity index (χ3n) is 2.62. The monoisotopic (exact) mass is 242 g/mol. The number of hydrogen-bond acceptors (Lipinski definition) is 2. The maximum Gasteiger partial charge on any atom is 0.159 e. The fraction of sp³-hybridized carbons (Fsp3) is 0.462. The summed E-state index contributed by atoms with van der Waals surface area (Å²) in [5, 5.41) is 0. The van der Waals surface area contributed by atoms with Crippen molar-refractivity contribution >= 4 is 5.78 Å². The Morgan fingerprint density at radius 2 is 2.06 bits per heavy atom. The molecule has 1 unspecified atom stereocenters. The van der Waals surface area contributed by atoms with E-state index in [0.717, 1.165) is 12.1 Å². The fourth-order valence-corrected chi connectivity index (χ4v) is 1.45. The minimum Gasteiger partial charge on any atom is -0.382 e. The molecule has 0 fully saturated rings. The molecule has 0 aromatic heterocycles. The van der Waals surface area contributed by atoms with E-state index in [9.17, 15) is 13.6 Å². The van der Waals surface area contributed by atoms with Crippen LogP contribution in [0.15, 0.2) is 18.2 Å². The van der Waals surface area contributed by atoms with Gasteiger partial charge in [-0.05, 0) is 31.0 Å². The van der Waals surface area contributed by atoms with E-state index >= 15 is 0 Å². The van der Waals surface area contributed by atoms with Gasteiger partial charge < -0.3 is 4.74 Å². The second-order valence-corrected chi connectivity index (χ2v) is 4.05. The van der Waals surface area contributed by atoms with Crippen molar-refractivity contribution in [2.24, 2.45) is 0 Å². The molecule has 0 saturated heterocycles. The molecule has 0 heterocycles. The highest BCUT2D eigenvalue weighted by Gasteiger charge is 2.09. The van der Waals surface area contributed by atoms with Gasteiger partial charge in [0.1, 0.15) is 5.78 Å². The quantitative estimate of drug-likeness (QED) is 0.766. The van der Waals surface area contributed by atoms with Crippen molar-refractivity contribution in [2.75, 3.05) is 7.11 Å². The lowest BCUT2D eigenvalue weighted by Crippen LogP contribution is -2.10. The van der Waals surface area contributed by atoms with Crippen LogP contribution in [0.1, 0.15) is 25.3 Å². The summed E-state index contributed by atoms with van der Waals surface area (Å²) in [5.41, 5.74) is 0.499. The predicted octanol–water partition coefficient (Wildman–Crippen LogP) is 2.89. The molecule has 4 heteroatoms. The summed E-state index contributed by atoms with van der Waals surface area (Å²) in [6.45, 7) is 1.88. The standard InChI is InChI=1S/C13H16F2O2/c1-9(17-2)3-5-11(16)7-10-4-6-12(14)13(15)8-10/h4,6,8-9H,3,5,7H2,1-2H3. The summed E-state index contributed by atoms with van der Waals surface area (Å²) in [6.07, 6.45) is 1.18. The van der Waals surface area contributed by atoms with Crippen LogP contribution in [0.25, 0.3) is 0 Å². The number of ether oxygens (including phenoxy) is 1. The van der Waals surface area contributed by atoms with E-state index in [1.807, 2.05) is 6.92 Å². The van der Waals surface area contributed by atoms with Crippen LogP contribution in [0.2, 0.25) is 0 Å². The Hall–Kier alpha value is -1.29. The number of halogens is 2. The molecule has 0 radical (unpaired) electrons. The molecule has 94 valence electrons. The zero-order valence-corrected chi connectivity index (χ0v) is 10.0. The Kier molecular flexibility index (Phi) is 5.22. The zero-order valence-electron chi connectivity index (χ0n) is 10.0. The van der Waals surface area contributed by atoms with Gasteiger partial charge in [0.25, 0.3) is 0 Å². The first kappa shape index (κ1) is 13.8. The first-order valence-corrected chi connectivity index (χ1v) is 5.51. The maximum absolute atomic E-state index is 12.9. The van der Waals surface area contributed by atoms with Gasteiger partial charge in [0.2, 0.25) is 0 Å². The number of ketones is 1. The van der Waals surface area contributed by atoms with E-state index in [-0.39, 0.29) is 18.3 Å². The van der Waals surface area contributed by atoms with Crippen LogP contribution in [0.4, 0.5) is 8.78 Å². The van der Waals surface area contributed by atoms with Crippen LogP contribution in [0.3, 0.4) is 0 Å². The van der Waals surface area contributed by atoms with Crippen molar-refractivity contribution in [3.63, 3.8) is 0 Å². The Morgan fingerprint density at radius 3 is 2.65 bits per heavy atom. The van der Waals surface area contributed by atoms with Crippen molar-refractivity contribution in [2.45, 2.75) is 32.3 Å².